The Morgan fingerprint density at radius 3 is 2.67 bits per heavy atom. The van der Waals surface area contributed by atoms with Crippen molar-refractivity contribution in [2.75, 3.05) is 5.32 Å². The fourth-order valence-corrected chi connectivity index (χ4v) is 1.14. The van der Waals surface area contributed by atoms with Crippen molar-refractivity contribution < 1.29 is 4.39 Å². The Labute approximate surface area is 86.2 Å². The van der Waals surface area contributed by atoms with E-state index in [1.165, 1.54) is 0 Å². The maximum absolute atomic E-state index is 12.6. The molecule has 0 aliphatic heterocycles. The molecule has 4 nitrogen and oxygen atoms in total. The summed E-state index contributed by atoms with van der Waals surface area (Å²) in [6, 6.07) is 9.73. The van der Waals surface area contributed by atoms with Crippen molar-refractivity contribution >= 4 is 5.95 Å². The second-order valence-corrected chi connectivity index (χ2v) is 2.92. The Hall–Kier alpha value is -2.04. The number of hydrogen-bond donors (Lipinski definition) is 1. The van der Waals surface area contributed by atoms with Crippen molar-refractivity contribution in [1.29, 1.82) is 0 Å². The number of anilines is 1. The van der Waals surface area contributed by atoms with Crippen LogP contribution in [0.15, 0.2) is 36.7 Å². The van der Waals surface area contributed by atoms with Crippen LogP contribution in [-0.2, 0) is 6.54 Å². The van der Waals surface area contributed by atoms with Crippen LogP contribution in [0, 0.1) is 6.08 Å². The smallest absolute Gasteiger partial charge is 0.313 e. The highest BCUT2D eigenvalue weighted by molar-refractivity contribution is 5.25. The highest BCUT2D eigenvalue weighted by atomic mass is 19.1. The molecular weight excluding hydrogens is 195 g/mol. The Balaban J connectivity index is 1.99. The van der Waals surface area contributed by atoms with Gasteiger partial charge in [0.05, 0.1) is 0 Å². The minimum atomic E-state index is -0.777. The lowest BCUT2D eigenvalue weighted by atomic mass is 10.2. The number of halogens is 1. The second-order valence-electron chi connectivity index (χ2n) is 2.92. The van der Waals surface area contributed by atoms with Crippen LogP contribution >= 0.6 is 0 Å². The van der Waals surface area contributed by atoms with E-state index >= 15 is 0 Å². The lowest BCUT2D eigenvalue weighted by Gasteiger charge is -2.03. The average molecular weight is 204 g/mol. The van der Waals surface area contributed by atoms with Crippen LogP contribution in [0.4, 0.5) is 10.3 Å². The van der Waals surface area contributed by atoms with Gasteiger partial charge in [0.15, 0.2) is 0 Å². The minimum Gasteiger partial charge on any atom is -0.350 e. The summed E-state index contributed by atoms with van der Waals surface area (Å²) in [5, 5.41) is 2.90. The number of nitrogens with zero attached hydrogens (tertiary/aromatic N) is 3. The van der Waals surface area contributed by atoms with E-state index in [-0.39, 0.29) is 5.95 Å². The largest absolute Gasteiger partial charge is 0.350 e. The third-order valence-corrected chi connectivity index (χ3v) is 1.84. The predicted octanol–water partition coefficient (Wildman–Crippen LogP) is 1.62. The molecule has 0 amide bonds. The molecule has 0 aliphatic carbocycles. The molecule has 5 heteroatoms. The lowest BCUT2D eigenvalue weighted by molar-refractivity contribution is 0.534. The molecule has 0 fully saturated rings. The molecule has 0 saturated carbocycles. The molecule has 0 radical (unpaired) electrons. The maximum Gasteiger partial charge on any atom is 0.313 e. The number of rotatable bonds is 3. The molecule has 15 heavy (non-hydrogen) atoms. The van der Waals surface area contributed by atoms with Crippen LogP contribution < -0.4 is 5.32 Å². The van der Waals surface area contributed by atoms with Crippen molar-refractivity contribution in [3.05, 3.63) is 48.3 Å². The molecule has 1 N–H and O–H groups in total. The van der Waals surface area contributed by atoms with Gasteiger partial charge in [-0.2, -0.15) is 14.4 Å². The Bertz CT molecular complexity index is 432. The fraction of sp³-hybridized carbons (Fsp3) is 0.100. The quantitative estimate of drug-likeness (QED) is 0.825. The Morgan fingerprint density at radius 1 is 1.13 bits per heavy atom. The van der Waals surface area contributed by atoms with Gasteiger partial charge >= 0.3 is 6.08 Å². The van der Waals surface area contributed by atoms with Crippen LogP contribution in [0.2, 0.25) is 0 Å². The van der Waals surface area contributed by atoms with E-state index in [0.717, 1.165) is 11.9 Å². The summed E-state index contributed by atoms with van der Waals surface area (Å²) >= 11 is 0. The van der Waals surface area contributed by atoms with Gasteiger partial charge < -0.3 is 5.32 Å². The Kier molecular flexibility index (Phi) is 2.82. The summed E-state index contributed by atoms with van der Waals surface area (Å²) in [7, 11) is 0. The van der Waals surface area contributed by atoms with Crippen molar-refractivity contribution in [2.45, 2.75) is 6.54 Å². The molecule has 1 aromatic carbocycles. The number of hydrogen-bond acceptors (Lipinski definition) is 4. The molecule has 76 valence electrons. The van der Waals surface area contributed by atoms with Crippen molar-refractivity contribution in [3.63, 3.8) is 0 Å². The van der Waals surface area contributed by atoms with Gasteiger partial charge in [0.25, 0.3) is 0 Å². The van der Waals surface area contributed by atoms with Gasteiger partial charge in [-0.1, -0.05) is 30.3 Å². The van der Waals surface area contributed by atoms with Crippen LogP contribution in [-0.4, -0.2) is 15.0 Å². The zero-order valence-corrected chi connectivity index (χ0v) is 7.89. The monoisotopic (exact) mass is 204 g/mol. The van der Waals surface area contributed by atoms with E-state index in [0.29, 0.717) is 6.54 Å². The highest BCUT2D eigenvalue weighted by Crippen LogP contribution is 2.02. The lowest BCUT2D eigenvalue weighted by Crippen LogP contribution is -2.05. The summed E-state index contributed by atoms with van der Waals surface area (Å²) in [4.78, 5) is 10.5. The minimum absolute atomic E-state index is 0.242. The molecule has 0 aliphatic rings. The molecule has 1 heterocycles. The van der Waals surface area contributed by atoms with Crippen LogP contribution in [0.25, 0.3) is 0 Å². The summed E-state index contributed by atoms with van der Waals surface area (Å²) in [5.41, 5.74) is 1.08. The van der Waals surface area contributed by atoms with Gasteiger partial charge in [-0.3, -0.25) is 0 Å². The van der Waals surface area contributed by atoms with Gasteiger partial charge in [0, 0.05) is 6.54 Å². The highest BCUT2D eigenvalue weighted by Gasteiger charge is 1.98. The van der Waals surface area contributed by atoms with E-state index in [1.54, 1.807) is 0 Å². The summed E-state index contributed by atoms with van der Waals surface area (Å²) in [6.07, 6.45) is 0.357. The molecule has 1 aromatic heterocycles. The van der Waals surface area contributed by atoms with E-state index in [1.807, 2.05) is 30.3 Å². The first-order valence-corrected chi connectivity index (χ1v) is 4.47. The van der Waals surface area contributed by atoms with Crippen molar-refractivity contribution in [1.82, 2.24) is 15.0 Å². The molecule has 2 aromatic rings. The first-order chi connectivity index (χ1) is 7.34. The standard InChI is InChI=1S/C10H9FN4/c11-9-13-7-14-10(15-9)12-6-8-4-2-1-3-5-8/h1-5,7H,6H2,(H,12,13,14,15). The first-order valence-electron chi connectivity index (χ1n) is 4.47. The van der Waals surface area contributed by atoms with Gasteiger partial charge in [-0.05, 0) is 5.56 Å². The SMILES string of the molecule is Fc1ncnc(NCc2ccccc2)n1. The van der Waals surface area contributed by atoms with E-state index in [2.05, 4.69) is 20.3 Å². The molecule has 0 unspecified atom stereocenters. The zero-order chi connectivity index (χ0) is 10.5. The second kappa shape index (κ2) is 4.45. The summed E-state index contributed by atoms with van der Waals surface area (Å²) < 4.78 is 12.6. The Morgan fingerprint density at radius 2 is 1.93 bits per heavy atom. The van der Waals surface area contributed by atoms with Gasteiger partial charge in [-0.25, -0.2) is 4.98 Å². The number of benzene rings is 1. The first kappa shape index (κ1) is 9.51. The number of aromatic nitrogens is 3. The molecule has 0 spiro atoms. The molecular formula is C10H9FN4. The molecule has 2 rings (SSSR count). The average Bonchev–Trinajstić information content (AvgIpc) is 2.28. The summed E-state index contributed by atoms with van der Waals surface area (Å²) in [5.74, 6) is 0.242. The summed E-state index contributed by atoms with van der Waals surface area (Å²) in [6.45, 7) is 0.560. The van der Waals surface area contributed by atoms with Crippen LogP contribution in [0.1, 0.15) is 5.56 Å². The van der Waals surface area contributed by atoms with Gasteiger partial charge in [0.2, 0.25) is 5.95 Å². The topological polar surface area (TPSA) is 50.7 Å². The van der Waals surface area contributed by atoms with Gasteiger partial charge in [-0.15, -0.1) is 0 Å². The fourth-order valence-electron chi connectivity index (χ4n) is 1.14. The molecule has 0 saturated heterocycles. The van der Waals surface area contributed by atoms with E-state index in [4.69, 9.17) is 0 Å². The van der Waals surface area contributed by atoms with E-state index < -0.39 is 6.08 Å². The van der Waals surface area contributed by atoms with E-state index in [9.17, 15) is 4.39 Å². The van der Waals surface area contributed by atoms with Crippen molar-refractivity contribution in [3.8, 4) is 0 Å². The predicted molar refractivity (Wildman–Crippen MR) is 53.6 cm³/mol. The van der Waals surface area contributed by atoms with Gasteiger partial charge in [0.1, 0.15) is 6.33 Å². The van der Waals surface area contributed by atoms with Crippen molar-refractivity contribution in [2.24, 2.45) is 0 Å². The zero-order valence-electron chi connectivity index (χ0n) is 7.89. The van der Waals surface area contributed by atoms with Crippen LogP contribution in [0.5, 0.6) is 0 Å². The number of nitrogens with one attached hydrogen (secondary N) is 1. The maximum atomic E-state index is 12.6. The molecule has 0 atom stereocenters. The van der Waals surface area contributed by atoms with Crippen LogP contribution in [0.3, 0.4) is 0 Å². The third-order valence-electron chi connectivity index (χ3n) is 1.84. The third kappa shape index (κ3) is 2.70. The normalized spacial score (nSPS) is 9.93. The molecule has 0 bridgehead atoms.